The van der Waals surface area contributed by atoms with E-state index in [4.69, 9.17) is 16.3 Å². The molecular weight excluding hydrogens is 272 g/mol. The number of Topliss-reactive ketones (excluding diaryl/α,β-unsaturated/α-hetero) is 1. The third-order valence-electron chi connectivity index (χ3n) is 3.61. The van der Waals surface area contributed by atoms with Gasteiger partial charge in [-0.05, 0) is 66.8 Å². The lowest BCUT2D eigenvalue weighted by molar-refractivity contribution is 0.0921. The van der Waals surface area contributed by atoms with Gasteiger partial charge in [0.25, 0.3) is 0 Å². The number of ether oxygens (including phenoxy) is 1. The molecule has 3 rings (SSSR count). The molecule has 2 nitrogen and oxygen atoms in total. The zero-order valence-corrected chi connectivity index (χ0v) is 11.8. The molecule has 0 spiro atoms. The second-order valence-corrected chi connectivity index (χ2v) is 5.44. The molecule has 0 saturated carbocycles. The average molecular weight is 287 g/mol. The fourth-order valence-electron chi connectivity index (χ4n) is 2.51. The van der Waals surface area contributed by atoms with Crippen LogP contribution in [0.3, 0.4) is 0 Å². The van der Waals surface area contributed by atoms with Gasteiger partial charge in [-0.2, -0.15) is 0 Å². The SMILES string of the molecule is O=C(COc1ccc2c(c1)CCC2)c1ccc(Cl)cc1. The molecule has 0 unspecified atom stereocenters. The molecule has 1 aliphatic carbocycles. The van der Waals surface area contributed by atoms with Crippen LogP contribution in [-0.4, -0.2) is 12.4 Å². The van der Waals surface area contributed by atoms with Gasteiger partial charge in [-0.1, -0.05) is 17.7 Å². The normalized spacial score (nSPS) is 13.1. The zero-order valence-electron chi connectivity index (χ0n) is 11.1. The Hall–Kier alpha value is -1.80. The number of benzene rings is 2. The summed E-state index contributed by atoms with van der Waals surface area (Å²) in [6.07, 6.45) is 3.47. The highest BCUT2D eigenvalue weighted by atomic mass is 35.5. The van der Waals surface area contributed by atoms with E-state index < -0.39 is 0 Å². The molecule has 2 aromatic carbocycles. The highest BCUT2D eigenvalue weighted by molar-refractivity contribution is 6.30. The summed E-state index contributed by atoms with van der Waals surface area (Å²) in [4.78, 5) is 12.0. The summed E-state index contributed by atoms with van der Waals surface area (Å²) in [5.74, 6) is 0.732. The van der Waals surface area contributed by atoms with Crippen molar-refractivity contribution in [2.45, 2.75) is 19.3 Å². The largest absolute Gasteiger partial charge is 0.485 e. The Labute approximate surface area is 123 Å². The van der Waals surface area contributed by atoms with Crippen LogP contribution in [0.5, 0.6) is 5.75 Å². The lowest BCUT2D eigenvalue weighted by Gasteiger charge is -2.07. The van der Waals surface area contributed by atoms with Gasteiger partial charge in [-0.25, -0.2) is 0 Å². The van der Waals surface area contributed by atoms with E-state index in [1.165, 1.54) is 17.5 Å². The number of carbonyl (C=O) groups excluding carboxylic acids is 1. The number of hydrogen-bond donors (Lipinski definition) is 0. The third kappa shape index (κ3) is 2.86. The summed E-state index contributed by atoms with van der Waals surface area (Å²) in [7, 11) is 0. The summed E-state index contributed by atoms with van der Waals surface area (Å²) in [6, 6.07) is 13.0. The highest BCUT2D eigenvalue weighted by Crippen LogP contribution is 2.26. The monoisotopic (exact) mass is 286 g/mol. The molecule has 0 aromatic heterocycles. The van der Waals surface area contributed by atoms with Crippen LogP contribution in [0.25, 0.3) is 0 Å². The van der Waals surface area contributed by atoms with Gasteiger partial charge in [0.1, 0.15) is 5.75 Å². The van der Waals surface area contributed by atoms with Crippen molar-refractivity contribution in [3.8, 4) is 5.75 Å². The number of fused-ring (bicyclic) bond motifs is 1. The first-order chi connectivity index (χ1) is 9.72. The Bertz CT molecular complexity index is 632. The van der Waals surface area contributed by atoms with Crippen molar-refractivity contribution >= 4 is 17.4 Å². The van der Waals surface area contributed by atoms with E-state index >= 15 is 0 Å². The molecule has 0 N–H and O–H groups in total. The molecule has 20 heavy (non-hydrogen) atoms. The van der Waals surface area contributed by atoms with Crippen molar-refractivity contribution in [3.63, 3.8) is 0 Å². The van der Waals surface area contributed by atoms with Crippen LogP contribution >= 0.6 is 11.6 Å². The minimum atomic E-state index is -0.0397. The Morgan fingerprint density at radius 3 is 2.60 bits per heavy atom. The number of rotatable bonds is 4. The van der Waals surface area contributed by atoms with Crippen LogP contribution < -0.4 is 4.74 Å². The molecule has 1 aliphatic rings. The number of halogens is 1. The summed E-state index contributed by atoms with van der Waals surface area (Å²) < 4.78 is 5.60. The molecule has 0 saturated heterocycles. The van der Waals surface area contributed by atoms with E-state index in [0.717, 1.165) is 18.6 Å². The third-order valence-corrected chi connectivity index (χ3v) is 3.86. The summed E-state index contributed by atoms with van der Waals surface area (Å²) in [5.41, 5.74) is 3.37. The van der Waals surface area contributed by atoms with Crippen LogP contribution in [0.4, 0.5) is 0 Å². The number of ketones is 1. The van der Waals surface area contributed by atoms with E-state index in [-0.39, 0.29) is 12.4 Å². The number of hydrogen-bond acceptors (Lipinski definition) is 2. The molecule has 0 amide bonds. The van der Waals surface area contributed by atoms with Crippen molar-refractivity contribution < 1.29 is 9.53 Å². The maximum absolute atomic E-state index is 12.0. The smallest absolute Gasteiger partial charge is 0.200 e. The van der Waals surface area contributed by atoms with Crippen molar-refractivity contribution in [2.75, 3.05) is 6.61 Å². The molecule has 102 valence electrons. The van der Waals surface area contributed by atoms with E-state index in [0.29, 0.717) is 10.6 Å². The first-order valence-corrected chi connectivity index (χ1v) is 7.13. The van der Waals surface area contributed by atoms with Gasteiger partial charge in [0.05, 0.1) is 0 Å². The topological polar surface area (TPSA) is 26.3 Å². The first kappa shape index (κ1) is 13.2. The Kier molecular flexibility index (Phi) is 3.75. The number of aryl methyl sites for hydroxylation is 2. The second kappa shape index (κ2) is 5.68. The van der Waals surface area contributed by atoms with Crippen molar-refractivity contribution in [1.82, 2.24) is 0 Å². The maximum Gasteiger partial charge on any atom is 0.200 e. The van der Waals surface area contributed by atoms with E-state index in [1.54, 1.807) is 24.3 Å². The van der Waals surface area contributed by atoms with Crippen molar-refractivity contribution in [2.24, 2.45) is 0 Å². The highest BCUT2D eigenvalue weighted by Gasteiger charge is 2.12. The van der Waals surface area contributed by atoms with Crippen LogP contribution in [0.15, 0.2) is 42.5 Å². The fourth-order valence-corrected chi connectivity index (χ4v) is 2.63. The van der Waals surface area contributed by atoms with Gasteiger partial charge < -0.3 is 4.74 Å². The Morgan fingerprint density at radius 2 is 1.80 bits per heavy atom. The Balaban J connectivity index is 1.64. The standard InChI is InChI=1S/C17H15ClO2/c18-15-7-4-13(5-8-15)17(19)11-20-16-9-6-12-2-1-3-14(12)10-16/h4-10H,1-3,11H2. The molecule has 0 fully saturated rings. The molecule has 0 aliphatic heterocycles. The van der Waals surface area contributed by atoms with Crippen LogP contribution in [0.1, 0.15) is 27.9 Å². The van der Waals surface area contributed by atoms with Crippen LogP contribution in [-0.2, 0) is 12.8 Å². The molecule has 0 atom stereocenters. The number of carbonyl (C=O) groups is 1. The van der Waals surface area contributed by atoms with Crippen molar-refractivity contribution in [3.05, 3.63) is 64.2 Å². The van der Waals surface area contributed by atoms with E-state index in [2.05, 4.69) is 12.1 Å². The average Bonchev–Trinajstić information content (AvgIpc) is 2.93. The van der Waals surface area contributed by atoms with Gasteiger partial charge in [0, 0.05) is 10.6 Å². The molecule has 0 heterocycles. The maximum atomic E-state index is 12.0. The molecule has 3 heteroatoms. The predicted molar refractivity (Wildman–Crippen MR) is 79.7 cm³/mol. The van der Waals surface area contributed by atoms with Gasteiger partial charge >= 0.3 is 0 Å². The molecule has 0 radical (unpaired) electrons. The van der Waals surface area contributed by atoms with E-state index in [9.17, 15) is 4.79 Å². The quantitative estimate of drug-likeness (QED) is 0.791. The molecular formula is C17H15ClO2. The fraction of sp³-hybridized carbons (Fsp3) is 0.235. The summed E-state index contributed by atoms with van der Waals surface area (Å²) in [5, 5.41) is 0.626. The molecule has 0 bridgehead atoms. The predicted octanol–water partition coefficient (Wildman–Crippen LogP) is 4.09. The van der Waals surface area contributed by atoms with E-state index in [1.807, 2.05) is 6.07 Å². The van der Waals surface area contributed by atoms with Crippen molar-refractivity contribution in [1.29, 1.82) is 0 Å². The first-order valence-electron chi connectivity index (χ1n) is 6.76. The summed E-state index contributed by atoms with van der Waals surface area (Å²) >= 11 is 5.80. The van der Waals surface area contributed by atoms with Crippen LogP contribution in [0, 0.1) is 0 Å². The lowest BCUT2D eigenvalue weighted by atomic mass is 10.1. The lowest BCUT2D eigenvalue weighted by Crippen LogP contribution is -2.11. The van der Waals surface area contributed by atoms with Gasteiger partial charge in [0.15, 0.2) is 12.4 Å². The second-order valence-electron chi connectivity index (χ2n) is 5.00. The van der Waals surface area contributed by atoms with Gasteiger partial charge in [0.2, 0.25) is 0 Å². The summed E-state index contributed by atoms with van der Waals surface area (Å²) in [6.45, 7) is 0.0560. The Morgan fingerprint density at radius 1 is 1.05 bits per heavy atom. The minimum Gasteiger partial charge on any atom is -0.485 e. The zero-order chi connectivity index (χ0) is 13.9. The van der Waals surface area contributed by atoms with Crippen LogP contribution in [0.2, 0.25) is 5.02 Å². The van der Waals surface area contributed by atoms with Gasteiger partial charge in [-0.3, -0.25) is 4.79 Å². The molecule has 2 aromatic rings. The minimum absolute atomic E-state index is 0.0397. The van der Waals surface area contributed by atoms with Gasteiger partial charge in [-0.15, -0.1) is 0 Å².